The highest BCUT2D eigenvalue weighted by Gasteiger charge is 2.03. The number of hydrogen-bond donors (Lipinski definition) is 1. The van der Waals surface area contributed by atoms with Crippen molar-refractivity contribution in [1.29, 1.82) is 0 Å². The van der Waals surface area contributed by atoms with E-state index < -0.39 is 0 Å². The molecule has 0 unspecified atom stereocenters. The first-order valence-corrected chi connectivity index (χ1v) is 4.69. The molecule has 0 aliphatic carbocycles. The van der Waals surface area contributed by atoms with Crippen molar-refractivity contribution in [2.45, 2.75) is 26.9 Å². The number of ether oxygens (including phenoxy) is 1. The van der Waals surface area contributed by atoms with E-state index in [1.807, 2.05) is 20.9 Å². The van der Waals surface area contributed by atoms with E-state index in [1.54, 1.807) is 0 Å². The molecule has 0 atom stereocenters. The number of likely N-dealkylation sites (N-methyl/N-ethyl adjacent to an activating group) is 1. The van der Waals surface area contributed by atoms with E-state index in [1.165, 1.54) is 0 Å². The van der Waals surface area contributed by atoms with E-state index in [-0.39, 0.29) is 12.2 Å². The Kier molecular flexibility index (Phi) is 6.32. The fourth-order valence-corrected chi connectivity index (χ4v) is 0.763. The van der Waals surface area contributed by atoms with Crippen LogP contribution in [0.15, 0.2) is 0 Å². The van der Waals surface area contributed by atoms with Crippen molar-refractivity contribution in [1.82, 2.24) is 10.2 Å². The summed E-state index contributed by atoms with van der Waals surface area (Å²) in [5, 5.41) is 2.68. The molecule has 4 nitrogen and oxygen atoms in total. The Balaban J connectivity index is 3.37. The summed E-state index contributed by atoms with van der Waals surface area (Å²) in [4.78, 5) is 13.1. The van der Waals surface area contributed by atoms with Crippen LogP contribution in [0.25, 0.3) is 0 Å². The van der Waals surface area contributed by atoms with Gasteiger partial charge in [0.25, 0.3) is 0 Å². The van der Waals surface area contributed by atoms with Crippen LogP contribution in [0.1, 0.15) is 20.8 Å². The van der Waals surface area contributed by atoms with Crippen LogP contribution >= 0.6 is 0 Å². The summed E-state index contributed by atoms with van der Waals surface area (Å²) in [6.45, 7) is 8.21. The molecule has 0 radical (unpaired) electrons. The zero-order chi connectivity index (χ0) is 10.3. The lowest BCUT2D eigenvalue weighted by molar-refractivity contribution is 0.115. The minimum Gasteiger partial charge on any atom is -0.447 e. The van der Waals surface area contributed by atoms with Gasteiger partial charge in [-0.15, -0.1) is 0 Å². The summed E-state index contributed by atoms with van der Waals surface area (Å²) in [6.07, 6.45) is -0.386. The van der Waals surface area contributed by atoms with Gasteiger partial charge in [-0.25, -0.2) is 4.79 Å². The molecule has 0 rings (SSSR count). The molecule has 1 amide bonds. The lowest BCUT2D eigenvalue weighted by atomic mass is 10.5. The molecule has 0 aliphatic heterocycles. The lowest BCUT2D eigenvalue weighted by Gasteiger charge is -2.14. The molecule has 0 aromatic heterocycles. The number of rotatable bonds is 5. The lowest BCUT2D eigenvalue weighted by Crippen LogP contribution is -2.34. The van der Waals surface area contributed by atoms with Crippen molar-refractivity contribution >= 4 is 6.09 Å². The summed E-state index contributed by atoms with van der Waals surface area (Å²) in [5.74, 6) is 0. The third-order valence-corrected chi connectivity index (χ3v) is 1.65. The topological polar surface area (TPSA) is 41.6 Å². The minimum atomic E-state index is -0.334. The number of amides is 1. The van der Waals surface area contributed by atoms with E-state index in [0.29, 0.717) is 6.54 Å². The van der Waals surface area contributed by atoms with Gasteiger partial charge in [0.1, 0.15) is 0 Å². The summed E-state index contributed by atoms with van der Waals surface area (Å²) < 4.78 is 4.90. The molecule has 0 saturated heterocycles. The normalized spacial score (nSPS) is 10.6. The molecular weight excluding hydrogens is 168 g/mol. The van der Waals surface area contributed by atoms with Crippen LogP contribution in [0.4, 0.5) is 4.79 Å². The molecule has 13 heavy (non-hydrogen) atoms. The summed E-state index contributed by atoms with van der Waals surface area (Å²) in [6, 6.07) is 0. The van der Waals surface area contributed by atoms with Crippen LogP contribution in [0.2, 0.25) is 0 Å². The predicted octanol–water partition coefficient (Wildman–Crippen LogP) is 1.07. The van der Waals surface area contributed by atoms with Gasteiger partial charge in [0, 0.05) is 13.1 Å². The number of alkyl carbamates (subject to hydrolysis) is 1. The zero-order valence-corrected chi connectivity index (χ0v) is 8.96. The Morgan fingerprint density at radius 2 is 2.15 bits per heavy atom. The van der Waals surface area contributed by atoms with Gasteiger partial charge in [0.15, 0.2) is 0 Å². The van der Waals surface area contributed by atoms with Crippen LogP contribution in [0.3, 0.4) is 0 Å². The van der Waals surface area contributed by atoms with Crippen LogP contribution < -0.4 is 5.32 Å². The van der Waals surface area contributed by atoms with E-state index >= 15 is 0 Å². The van der Waals surface area contributed by atoms with E-state index in [2.05, 4.69) is 17.1 Å². The molecule has 0 saturated carbocycles. The number of nitrogens with one attached hydrogen (secondary N) is 1. The van der Waals surface area contributed by atoms with Gasteiger partial charge in [-0.1, -0.05) is 6.92 Å². The van der Waals surface area contributed by atoms with Gasteiger partial charge in [-0.05, 0) is 27.4 Å². The molecule has 0 aromatic carbocycles. The van der Waals surface area contributed by atoms with Gasteiger partial charge >= 0.3 is 6.09 Å². The Hall–Kier alpha value is -0.770. The molecule has 4 heteroatoms. The average molecular weight is 188 g/mol. The van der Waals surface area contributed by atoms with Crippen molar-refractivity contribution in [3.8, 4) is 0 Å². The first-order chi connectivity index (χ1) is 6.06. The molecule has 78 valence electrons. The van der Waals surface area contributed by atoms with Crippen LogP contribution in [0.5, 0.6) is 0 Å². The Labute approximate surface area is 80.2 Å². The number of carbonyl (C=O) groups excluding carboxylic acids is 1. The van der Waals surface area contributed by atoms with Crippen LogP contribution in [0, 0.1) is 0 Å². The van der Waals surface area contributed by atoms with Crippen molar-refractivity contribution in [2.75, 3.05) is 26.7 Å². The summed E-state index contributed by atoms with van der Waals surface area (Å²) in [5.41, 5.74) is 0. The number of carbonyl (C=O) groups is 1. The molecular formula is C9H20N2O2. The first-order valence-electron chi connectivity index (χ1n) is 4.69. The monoisotopic (exact) mass is 188 g/mol. The smallest absolute Gasteiger partial charge is 0.407 e. The minimum absolute atomic E-state index is 0.0519. The second-order valence-electron chi connectivity index (χ2n) is 3.28. The highest BCUT2D eigenvalue weighted by molar-refractivity contribution is 5.67. The van der Waals surface area contributed by atoms with Crippen LogP contribution in [-0.2, 0) is 4.74 Å². The van der Waals surface area contributed by atoms with E-state index in [9.17, 15) is 4.79 Å². The number of hydrogen-bond acceptors (Lipinski definition) is 3. The maximum absolute atomic E-state index is 11.0. The maximum Gasteiger partial charge on any atom is 0.407 e. The molecule has 0 fully saturated rings. The van der Waals surface area contributed by atoms with Gasteiger partial charge in [-0.3, -0.25) is 0 Å². The van der Waals surface area contributed by atoms with E-state index in [0.717, 1.165) is 13.1 Å². The van der Waals surface area contributed by atoms with Gasteiger partial charge in [0.05, 0.1) is 6.10 Å². The largest absolute Gasteiger partial charge is 0.447 e. The highest BCUT2D eigenvalue weighted by Crippen LogP contribution is 1.87. The van der Waals surface area contributed by atoms with Crippen molar-refractivity contribution in [2.24, 2.45) is 0 Å². The Morgan fingerprint density at radius 1 is 1.54 bits per heavy atom. The molecule has 0 aliphatic rings. The van der Waals surface area contributed by atoms with Crippen molar-refractivity contribution in [3.63, 3.8) is 0 Å². The molecule has 1 N–H and O–H groups in total. The predicted molar refractivity (Wildman–Crippen MR) is 52.8 cm³/mol. The molecule has 0 aromatic rings. The quantitative estimate of drug-likeness (QED) is 0.701. The third-order valence-electron chi connectivity index (χ3n) is 1.65. The first kappa shape index (κ1) is 12.2. The average Bonchev–Trinajstić information content (AvgIpc) is 2.02. The number of nitrogens with zero attached hydrogens (tertiary/aromatic N) is 1. The second-order valence-corrected chi connectivity index (χ2v) is 3.28. The van der Waals surface area contributed by atoms with Gasteiger partial charge in [0.2, 0.25) is 0 Å². The van der Waals surface area contributed by atoms with Gasteiger partial charge < -0.3 is 15.0 Å². The SMILES string of the molecule is CCN(C)CCNC(=O)OC(C)C. The van der Waals surface area contributed by atoms with Crippen molar-refractivity contribution in [3.05, 3.63) is 0 Å². The second kappa shape index (κ2) is 6.71. The fourth-order valence-electron chi connectivity index (χ4n) is 0.763. The summed E-state index contributed by atoms with van der Waals surface area (Å²) >= 11 is 0. The highest BCUT2D eigenvalue weighted by atomic mass is 16.6. The Morgan fingerprint density at radius 3 is 2.62 bits per heavy atom. The zero-order valence-electron chi connectivity index (χ0n) is 8.96. The van der Waals surface area contributed by atoms with Gasteiger partial charge in [-0.2, -0.15) is 0 Å². The molecule has 0 spiro atoms. The van der Waals surface area contributed by atoms with Crippen LogP contribution in [-0.4, -0.2) is 43.8 Å². The maximum atomic E-state index is 11.0. The molecule has 0 bridgehead atoms. The van der Waals surface area contributed by atoms with E-state index in [4.69, 9.17) is 4.74 Å². The van der Waals surface area contributed by atoms with Crippen molar-refractivity contribution < 1.29 is 9.53 Å². The fraction of sp³-hybridized carbons (Fsp3) is 0.889. The molecule has 0 heterocycles. The summed E-state index contributed by atoms with van der Waals surface area (Å²) in [7, 11) is 2.01. The standard InChI is InChI=1S/C9H20N2O2/c1-5-11(4)7-6-10-9(12)13-8(2)3/h8H,5-7H2,1-4H3,(H,10,12). The third kappa shape index (κ3) is 7.59. The Bertz CT molecular complexity index is 149.